The van der Waals surface area contributed by atoms with Crippen LogP contribution in [0.4, 0.5) is 0 Å². The van der Waals surface area contributed by atoms with E-state index in [9.17, 15) is 4.79 Å². The molecular formula is C22H32N4O. The molecule has 0 bridgehead atoms. The van der Waals surface area contributed by atoms with Crippen molar-refractivity contribution in [2.24, 2.45) is 0 Å². The Balaban J connectivity index is 1.63. The van der Waals surface area contributed by atoms with Crippen LogP contribution in [-0.4, -0.2) is 33.7 Å². The summed E-state index contributed by atoms with van der Waals surface area (Å²) in [6.07, 6.45) is 3.95. The molecule has 0 radical (unpaired) electrons. The molecule has 3 rings (SSSR count). The first kappa shape index (κ1) is 19.6. The highest BCUT2D eigenvalue weighted by Gasteiger charge is 2.19. The van der Waals surface area contributed by atoms with Crippen molar-refractivity contribution in [3.63, 3.8) is 0 Å². The monoisotopic (exact) mass is 368 g/mol. The lowest BCUT2D eigenvalue weighted by Crippen LogP contribution is -2.29. The lowest BCUT2D eigenvalue weighted by molar-refractivity contribution is 0.0939. The van der Waals surface area contributed by atoms with Gasteiger partial charge in [-0.2, -0.15) is 5.10 Å². The van der Waals surface area contributed by atoms with Crippen molar-refractivity contribution < 1.29 is 4.79 Å². The normalized spacial score (nSPS) is 16.3. The molecule has 2 heterocycles. The van der Waals surface area contributed by atoms with Gasteiger partial charge in [0.1, 0.15) is 0 Å². The maximum absolute atomic E-state index is 12.7. The molecule has 0 unspecified atom stereocenters. The number of nitrogens with one attached hydrogen (secondary N) is 1. The molecule has 1 atom stereocenters. The second-order valence-corrected chi connectivity index (χ2v) is 7.63. The topological polar surface area (TPSA) is 50.2 Å². The summed E-state index contributed by atoms with van der Waals surface area (Å²) in [7, 11) is 0. The van der Waals surface area contributed by atoms with E-state index >= 15 is 0 Å². The van der Waals surface area contributed by atoms with Crippen LogP contribution in [-0.2, 0) is 13.1 Å². The molecule has 1 aromatic carbocycles. The zero-order chi connectivity index (χ0) is 19.4. The number of aromatic nitrogens is 2. The molecule has 1 aromatic heterocycles. The van der Waals surface area contributed by atoms with E-state index in [0.717, 1.165) is 30.0 Å². The zero-order valence-electron chi connectivity index (χ0n) is 17.1. The van der Waals surface area contributed by atoms with Gasteiger partial charge in [0.2, 0.25) is 0 Å². The highest BCUT2D eigenvalue weighted by atomic mass is 16.1. The number of amides is 1. The number of piperidine rings is 1. The fourth-order valence-electron chi connectivity index (χ4n) is 4.13. The summed E-state index contributed by atoms with van der Waals surface area (Å²) in [5.74, 6) is -0.0323. The van der Waals surface area contributed by atoms with Gasteiger partial charge >= 0.3 is 0 Å². The highest BCUT2D eigenvalue weighted by Crippen LogP contribution is 2.22. The quantitative estimate of drug-likeness (QED) is 0.838. The third-order valence-electron chi connectivity index (χ3n) is 5.59. The van der Waals surface area contributed by atoms with Crippen LogP contribution in [0.1, 0.15) is 72.0 Å². The van der Waals surface area contributed by atoms with Gasteiger partial charge in [0.25, 0.3) is 5.91 Å². The number of nitrogens with zero attached hydrogens (tertiary/aromatic N) is 3. The van der Waals surface area contributed by atoms with Gasteiger partial charge in [-0.25, -0.2) is 0 Å². The van der Waals surface area contributed by atoms with Crippen LogP contribution >= 0.6 is 0 Å². The smallest absolute Gasteiger partial charge is 0.251 e. The second-order valence-electron chi connectivity index (χ2n) is 7.63. The van der Waals surface area contributed by atoms with Crippen molar-refractivity contribution in [1.29, 1.82) is 0 Å². The summed E-state index contributed by atoms with van der Waals surface area (Å²) < 4.78 is 1.99. The Bertz CT molecular complexity index is 772. The first-order valence-electron chi connectivity index (χ1n) is 10.2. The predicted octanol–water partition coefficient (Wildman–Crippen LogP) is 4.00. The van der Waals surface area contributed by atoms with Gasteiger partial charge in [0.05, 0.1) is 11.7 Å². The van der Waals surface area contributed by atoms with E-state index in [2.05, 4.69) is 41.3 Å². The minimum Gasteiger partial charge on any atom is -0.345 e. The second kappa shape index (κ2) is 8.70. The molecule has 1 aliphatic heterocycles. The van der Waals surface area contributed by atoms with Gasteiger partial charge in [0, 0.05) is 29.9 Å². The Morgan fingerprint density at radius 3 is 2.41 bits per heavy atom. The van der Waals surface area contributed by atoms with Crippen LogP contribution in [0.25, 0.3) is 0 Å². The van der Waals surface area contributed by atoms with Gasteiger partial charge < -0.3 is 5.32 Å². The van der Waals surface area contributed by atoms with Crippen molar-refractivity contribution in [1.82, 2.24) is 20.0 Å². The Labute approximate surface area is 162 Å². The van der Waals surface area contributed by atoms with E-state index in [1.807, 2.05) is 30.7 Å². The van der Waals surface area contributed by atoms with E-state index < -0.39 is 0 Å². The Kier molecular flexibility index (Phi) is 6.32. The van der Waals surface area contributed by atoms with Gasteiger partial charge in [0.15, 0.2) is 0 Å². The fraction of sp³-hybridized carbons (Fsp3) is 0.545. The van der Waals surface area contributed by atoms with Crippen molar-refractivity contribution in [2.75, 3.05) is 13.1 Å². The molecule has 2 aromatic rings. The molecule has 0 aliphatic carbocycles. The number of carbonyl (C=O) groups is 1. The van der Waals surface area contributed by atoms with Gasteiger partial charge in [-0.1, -0.05) is 18.6 Å². The number of hydrogen-bond acceptors (Lipinski definition) is 3. The highest BCUT2D eigenvalue weighted by molar-refractivity contribution is 5.94. The number of hydrogen-bond donors (Lipinski definition) is 1. The molecule has 1 N–H and O–H groups in total. The molecule has 5 heteroatoms. The molecule has 0 spiro atoms. The average molecular weight is 369 g/mol. The molecule has 1 fully saturated rings. The molecule has 0 saturated carbocycles. The van der Waals surface area contributed by atoms with Crippen LogP contribution in [0.5, 0.6) is 0 Å². The molecule has 1 amide bonds. The number of carbonyl (C=O) groups excluding carboxylic acids is 1. The van der Waals surface area contributed by atoms with Crippen molar-refractivity contribution in [2.45, 2.75) is 66.1 Å². The number of aryl methyl sites for hydroxylation is 2. The van der Waals surface area contributed by atoms with E-state index in [4.69, 9.17) is 0 Å². The van der Waals surface area contributed by atoms with Crippen LogP contribution in [0.3, 0.4) is 0 Å². The largest absolute Gasteiger partial charge is 0.345 e. The van der Waals surface area contributed by atoms with E-state index in [-0.39, 0.29) is 11.9 Å². The first-order chi connectivity index (χ1) is 13.0. The third kappa shape index (κ3) is 4.59. The van der Waals surface area contributed by atoms with E-state index in [0.29, 0.717) is 5.56 Å². The lowest BCUT2D eigenvalue weighted by atomic mass is 10.0. The standard InChI is InChI=1S/C22H32N4O/c1-5-26-18(4)21(17(3)24-26)16(2)23-22(27)20-11-9-19(10-12-20)15-25-13-7-6-8-14-25/h9-12,16H,5-8,13-15H2,1-4H3,(H,23,27)/t16-/m1/s1. The number of benzene rings is 1. The summed E-state index contributed by atoms with van der Waals surface area (Å²) in [6.45, 7) is 12.4. The van der Waals surface area contributed by atoms with Crippen molar-refractivity contribution in [3.8, 4) is 0 Å². The first-order valence-corrected chi connectivity index (χ1v) is 10.2. The molecule has 27 heavy (non-hydrogen) atoms. The predicted molar refractivity (Wildman–Crippen MR) is 109 cm³/mol. The Morgan fingerprint density at radius 1 is 1.15 bits per heavy atom. The van der Waals surface area contributed by atoms with Gasteiger partial charge in [-0.05, 0) is 71.3 Å². The number of rotatable bonds is 6. The SMILES string of the molecule is CCn1nc(C)c([C@@H](C)NC(=O)c2ccc(CN3CCCCC3)cc2)c1C. The Hall–Kier alpha value is -2.14. The van der Waals surface area contributed by atoms with Crippen LogP contribution in [0.15, 0.2) is 24.3 Å². The van der Waals surface area contributed by atoms with Crippen LogP contribution in [0, 0.1) is 13.8 Å². The lowest BCUT2D eigenvalue weighted by Gasteiger charge is -2.26. The molecular weight excluding hydrogens is 336 g/mol. The summed E-state index contributed by atoms with van der Waals surface area (Å²) in [5, 5.41) is 7.69. The maximum Gasteiger partial charge on any atom is 0.251 e. The minimum atomic E-state index is -0.0640. The summed E-state index contributed by atoms with van der Waals surface area (Å²) in [6, 6.07) is 7.98. The third-order valence-corrected chi connectivity index (χ3v) is 5.59. The molecule has 146 valence electrons. The van der Waals surface area contributed by atoms with E-state index in [1.54, 1.807) is 0 Å². The van der Waals surface area contributed by atoms with Crippen LogP contribution < -0.4 is 5.32 Å². The summed E-state index contributed by atoms with van der Waals surface area (Å²) >= 11 is 0. The molecule has 1 aliphatic rings. The maximum atomic E-state index is 12.7. The molecule has 5 nitrogen and oxygen atoms in total. The zero-order valence-corrected chi connectivity index (χ0v) is 17.1. The average Bonchev–Trinajstić information content (AvgIpc) is 2.96. The van der Waals surface area contributed by atoms with Crippen molar-refractivity contribution >= 4 is 5.91 Å². The van der Waals surface area contributed by atoms with Gasteiger partial charge in [-0.15, -0.1) is 0 Å². The van der Waals surface area contributed by atoms with Gasteiger partial charge in [-0.3, -0.25) is 14.4 Å². The summed E-state index contributed by atoms with van der Waals surface area (Å²) in [4.78, 5) is 15.2. The molecule has 1 saturated heterocycles. The number of likely N-dealkylation sites (tertiary alicyclic amines) is 1. The van der Waals surface area contributed by atoms with Crippen molar-refractivity contribution in [3.05, 3.63) is 52.3 Å². The van der Waals surface area contributed by atoms with E-state index in [1.165, 1.54) is 37.9 Å². The fourth-order valence-corrected chi connectivity index (χ4v) is 4.13. The summed E-state index contributed by atoms with van der Waals surface area (Å²) in [5.41, 5.74) is 5.21. The minimum absolute atomic E-state index is 0.0323. The Morgan fingerprint density at radius 2 is 1.81 bits per heavy atom. The van der Waals surface area contributed by atoms with Crippen LogP contribution in [0.2, 0.25) is 0 Å².